The van der Waals surface area contributed by atoms with Crippen LogP contribution in [0.15, 0.2) is 36.4 Å². The van der Waals surface area contributed by atoms with Crippen molar-refractivity contribution in [1.82, 2.24) is 0 Å². The van der Waals surface area contributed by atoms with E-state index in [9.17, 15) is 9.59 Å². The summed E-state index contributed by atoms with van der Waals surface area (Å²) < 4.78 is 5.47. The standard InChI is InChI=1S/C19H18N2O3/c1-21-16-9-8-13(10-17(16)24-11-18(21)22)20-19(23)15-7-3-5-12-4-2-6-14(12)15/h3,5,7-10H,2,4,6,11H2,1H3,(H,20,23). The van der Waals surface area contributed by atoms with E-state index in [0.717, 1.165) is 30.4 Å². The van der Waals surface area contributed by atoms with Gasteiger partial charge in [0.2, 0.25) is 0 Å². The monoisotopic (exact) mass is 322 g/mol. The van der Waals surface area contributed by atoms with E-state index in [1.165, 1.54) is 5.56 Å². The lowest BCUT2D eigenvalue weighted by Crippen LogP contribution is -2.35. The minimum absolute atomic E-state index is 0.0209. The number of aryl methyl sites for hydroxylation is 1. The van der Waals surface area contributed by atoms with Crippen molar-refractivity contribution in [1.29, 1.82) is 0 Å². The smallest absolute Gasteiger partial charge is 0.264 e. The summed E-state index contributed by atoms with van der Waals surface area (Å²) in [5.74, 6) is 0.418. The summed E-state index contributed by atoms with van der Waals surface area (Å²) in [7, 11) is 1.72. The number of carbonyl (C=O) groups excluding carboxylic acids is 2. The van der Waals surface area contributed by atoms with Gasteiger partial charge in [0.05, 0.1) is 5.69 Å². The average Bonchev–Trinajstić information content (AvgIpc) is 3.07. The normalized spacial score (nSPS) is 15.5. The van der Waals surface area contributed by atoms with Crippen LogP contribution in [-0.2, 0) is 17.6 Å². The summed E-state index contributed by atoms with van der Waals surface area (Å²) in [6.45, 7) is 0.0209. The molecule has 4 rings (SSSR count). The molecule has 0 spiro atoms. The van der Waals surface area contributed by atoms with Crippen LogP contribution in [0, 0.1) is 0 Å². The SMILES string of the molecule is CN1C(=O)COc2cc(NC(=O)c3cccc4c3CCC4)ccc21. The van der Waals surface area contributed by atoms with Gasteiger partial charge in [-0.3, -0.25) is 9.59 Å². The van der Waals surface area contributed by atoms with Gasteiger partial charge in [-0.05, 0) is 48.6 Å². The lowest BCUT2D eigenvalue weighted by Gasteiger charge is -2.26. The highest BCUT2D eigenvalue weighted by Gasteiger charge is 2.23. The fourth-order valence-corrected chi connectivity index (χ4v) is 3.39. The number of anilines is 2. The molecule has 1 N–H and O–H groups in total. The Morgan fingerprint density at radius 3 is 2.96 bits per heavy atom. The van der Waals surface area contributed by atoms with E-state index in [1.54, 1.807) is 30.1 Å². The Kier molecular flexibility index (Phi) is 3.49. The molecule has 122 valence electrons. The van der Waals surface area contributed by atoms with Crippen LogP contribution in [-0.4, -0.2) is 25.5 Å². The van der Waals surface area contributed by atoms with Crippen molar-refractivity contribution in [2.24, 2.45) is 0 Å². The summed E-state index contributed by atoms with van der Waals surface area (Å²) >= 11 is 0. The number of amides is 2. The van der Waals surface area contributed by atoms with E-state index in [4.69, 9.17) is 4.74 Å². The first-order valence-electron chi connectivity index (χ1n) is 8.09. The minimum atomic E-state index is -0.103. The predicted octanol–water partition coefficient (Wildman–Crippen LogP) is 2.78. The highest BCUT2D eigenvalue weighted by atomic mass is 16.5. The maximum atomic E-state index is 12.6. The van der Waals surface area contributed by atoms with Crippen LogP contribution in [0.2, 0.25) is 0 Å². The Morgan fingerprint density at radius 2 is 2.08 bits per heavy atom. The van der Waals surface area contributed by atoms with Gasteiger partial charge in [0.1, 0.15) is 5.75 Å². The third-order valence-electron chi connectivity index (χ3n) is 4.69. The highest BCUT2D eigenvalue weighted by Crippen LogP contribution is 2.34. The number of nitrogens with one attached hydrogen (secondary N) is 1. The highest BCUT2D eigenvalue weighted by molar-refractivity contribution is 6.06. The quantitative estimate of drug-likeness (QED) is 0.925. The van der Waals surface area contributed by atoms with Gasteiger partial charge in [-0.15, -0.1) is 0 Å². The molecule has 0 unspecified atom stereocenters. The Balaban J connectivity index is 1.59. The molecule has 2 aliphatic rings. The number of benzene rings is 2. The van der Waals surface area contributed by atoms with Gasteiger partial charge in [-0.25, -0.2) is 0 Å². The molecule has 0 saturated heterocycles. The molecular formula is C19H18N2O3. The van der Waals surface area contributed by atoms with E-state index >= 15 is 0 Å². The van der Waals surface area contributed by atoms with E-state index in [2.05, 4.69) is 11.4 Å². The average molecular weight is 322 g/mol. The van der Waals surface area contributed by atoms with Crippen LogP contribution < -0.4 is 15.0 Å². The van der Waals surface area contributed by atoms with Crippen LogP contribution in [0.5, 0.6) is 5.75 Å². The van der Waals surface area contributed by atoms with E-state index in [-0.39, 0.29) is 18.4 Å². The third kappa shape index (κ3) is 2.42. The Hall–Kier alpha value is -2.82. The maximum Gasteiger partial charge on any atom is 0.264 e. The van der Waals surface area contributed by atoms with Crippen molar-refractivity contribution in [2.75, 3.05) is 23.9 Å². The number of carbonyl (C=O) groups is 2. The number of nitrogens with zero attached hydrogens (tertiary/aromatic N) is 1. The summed E-state index contributed by atoms with van der Waals surface area (Å²) in [6, 6.07) is 11.3. The molecule has 0 bridgehead atoms. The van der Waals surface area contributed by atoms with Gasteiger partial charge in [0.15, 0.2) is 6.61 Å². The van der Waals surface area contributed by atoms with Crippen molar-refractivity contribution < 1.29 is 14.3 Å². The zero-order chi connectivity index (χ0) is 16.7. The molecule has 24 heavy (non-hydrogen) atoms. The van der Waals surface area contributed by atoms with Crippen LogP contribution in [0.1, 0.15) is 27.9 Å². The largest absolute Gasteiger partial charge is 0.481 e. The number of likely N-dealkylation sites (N-methyl/N-ethyl adjacent to an activating group) is 1. The Morgan fingerprint density at radius 1 is 1.21 bits per heavy atom. The predicted molar refractivity (Wildman–Crippen MR) is 91.8 cm³/mol. The summed E-state index contributed by atoms with van der Waals surface area (Å²) in [5.41, 5.74) is 4.56. The molecule has 0 atom stereocenters. The third-order valence-corrected chi connectivity index (χ3v) is 4.69. The van der Waals surface area contributed by atoms with Gasteiger partial charge in [-0.1, -0.05) is 12.1 Å². The van der Waals surface area contributed by atoms with Gasteiger partial charge in [0.25, 0.3) is 11.8 Å². The van der Waals surface area contributed by atoms with Crippen LogP contribution in [0.4, 0.5) is 11.4 Å². The lowest BCUT2D eigenvalue weighted by molar-refractivity contribution is -0.120. The van der Waals surface area contributed by atoms with E-state index in [1.807, 2.05) is 12.1 Å². The molecule has 0 aromatic heterocycles. The molecule has 0 fully saturated rings. The molecule has 1 aliphatic heterocycles. The molecule has 1 aliphatic carbocycles. The Labute approximate surface area is 140 Å². The summed E-state index contributed by atoms with van der Waals surface area (Å²) in [5, 5.41) is 2.94. The minimum Gasteiger partial charge on any atom is -0.481 e. The molecular weight excluding hydrogens is 304 g/mol. The van der Waals surface area contributed by atoms with Gasteiger partial charge >= 0.3 is 0 Å². The second kappa shape index (κ2) is 5.67. The zero-order valence-electron chi connectivity index (χ0n) is 13.5. The molecule has 2 aromatic rings. The second-order valence-corrected chi connectivity index (χ2v) is 6.17. The van der Waals surface area contributed by atoms with Crippen molar-refractivity contribution in [2.45, 2.75) is 19.3 Å². The number of fused-ring (bicyclic) bond motifs is 2. The van der Waals surface area contributed by atoms with Gasteiger partial charge in [0, 0.05) is 24.4 Å². The van der Waals surface area contributed by atoms with E-state index < -0.39 is 0 Å². The van der Waals surface area contributed by atoms with Crippen molar-refractivity contribution in [3.63, 3.8) is 0 Å². The zero-order valence-corrected chi connectivity index (χ0v) is 13.5. The number of ether oxygens (including phenoxy) is 1. The van der Waals surface area contributed by atoms with Crippen molar-refractivity contribution in [3.8, 4) is 5.75 Å². The molecule has 1 heterocycles. The molecule has 0 radical (unpaired) electrons. The first-order chi connectivity index (χ1) is 11.6. The number of hydrogen-bond donors (Lipinski definition) is 1. The molecule has 2 aromatic carbocycles. The topological polar surface area (TPSA) is 58.6 Å². The Bertz CT molecular complexity index is 845. The van der Waals surface area contributed by atoms with Crippen LogP contribution in [0.3, 0.4) is 0 Å². The van der Waals surface area contributed by atoms with Crippen LogP contribution in [0.25, 0.3) is 0 Å². The van der Waals surface area contributed by atoms with Crippen molar-refractivity contribution in [3.05, 3.63) is 53.1 Å². The molecule has 5 heteroatoms. The molecule has 5 nitrogen and oxygen atoms in total. The van der Waals surface area contributed by atoms with Gasteiger partial charge < -0.3 is 15.0 Å². The fraction of sp³-hybridized carbons (Fsp3) is 0.263. The van der Waals surface area contributed by atoms with E-state index in [0.29, 0.717) is 17.1 Å². The summed E-state index contributed by atoms with van der Waals surface area (Å²) in [4.78, 5) is 25.8. The maximum absolute atomic E-state index is 12.6. The number of rotatable bonds is 2. The first kappa shape index (κ1) is 14.8. The van der Waals surface area contributed by atoms with Crippen molar-refractivity contribution >= 4 is 23.2 Å². The second-order valence-electron chi connectivity index (χ2n) is 6.17. The fourth-order valence-electron chi connectivity index (χ4n) is 3.39. The molecule has 0 saturated carbocycles. The van der Waals surface area contributed by atoms with Gasteiger partial charge in [-0.2, -0.15) is 0 Å². The summed E-state index contributed by atoms with van der Waals surface area (Å²) in [6.07, 6.45) is 3.11. The first-order valence-corrected chi connectivity index (χ1v) is 8.09. The lowest BCUT2D eigenvalue weighted by atomic mass is 10.0. The molecule has 2 amide bonds. The van der Waals surface area contributed by atoms with Crippen LogP contribution >= 0.6 is 0 Å². The number of hydrogen-bond acceptors (Lipinski definition) is 3.